The smallest absolute Gasteiger partial charge is 0.240 e. The van der Waals surface area contributed by atoms with Crippen LogP contribution in [0, 0.1) is 0 Å². The molecule has 1 N–H and O–H groups in total. The molecule has 130 valence electrons. The van der Waals surface area contributed by atoms with Gasteiger partial charge < -0.3 is 9.63 Å². The molecule has 1 aliphatic carbocycles. The molecule has 1 saturated carbocycles. The normalized spacial score (nSPS) is 26.2. The van der Waals surface area contributed by atoms with Gasteiger partial charge in [-0.1, -0.05) is 23.2 Å². The number of aliphatic hydroxyl groups is 1. The largest absolute Gasteiger partial charge is 0.387 e. The van der Waals surface area contributed by atoms with Crippen molar-refractivity contribution in [2.45, 2.75) is 63.1 Å². The Kier molecular flexibility index (Phi) is 4.32. The van der Waals surface area contributed by atoms with E-state index in [0.29, 0.717) is 31.4 Å². The topological polar surface area (TPSA) is 93.1 Å². The van der Waals surface area contributed by atoms with Gasteiger partial charge in [0.1, 0.15) is 0 Å². The predicted molar refractivity (Wildman–Crippen MR) is 85.0 cm³/mol. The second-order valence-corrected chi connectivity index (χ2v) is 7.17. The van der Waals surface area contributed by atoms with E-state index in [9.17, 15) is 5.11 Å². The van der Waals surface area contributed by atoms with Crippen molar-refractivity contribution in [1.82, 2.24) is 30.0 Å². The Morgan fingerprint density at radius 3 is 2.96 bits per heavy atom. The molecular formula is C16H24N6O2. The van der Waals surface area contributed by atoms with Crippen LogP contribution in [0.2, 0.25) is 0 Å². The van der Waals surface area contributed by atoms with Crippen LogP contribution >= 0.6 is 0 Å². The summed E-state index contributed by atoms with van der Waals surface area (Å²) in [5, 5.41) is 22.8. The summed E-state index contributed by atoms with van der Waals surface area (Å²) in [6, 6.07) is 0. The average molecular weight is 332 g/mol. The van der Waals surface area contributed by atoms with Crippen molar-refractivity contribution in [2.75, 3.05) is 13.1 Å². The van der Waals surface area contributed by atoms with Gasteiger partial charge in [0.25, 0.3) is 0 Å². The predicted octanol–water partition coefficient (Wildman–Crippen LogP) is 1.35. The lowest BCUT2D eigenvalue weighted by Gasteiger charge is -2.38. The zero-order valence-electron chi connectivity index (χ0n) is 13.8. The summed E-state index contributed by atoms with van der Waals surface area (Å²) >= 11 is 0. The number of aromatic nitrogens is 5. The maximum atomic E-state index is 10.9. The van der Waals surface area contributed by atoms with Crippen LogP contribution in [0.1, 0.15) is 56.2 Å². The van der Waals surface area contributed by atoms with E-state index in [1.807, 2.05) is 0 Å². The molecule has 2 aromatic heterocycles. The molecule has 1 aliphatic heterocycles. The molecule has 4 rings (SSSR count). The number of β-amino-alcohol motifs (C(OH)–C–C–N with tert-alkyl or cyclic N) is 1. The van der Waals surface area contributed by atoms with Crippen LogP contribution in [0.3, 0.4) is 0 Å². The van der Waals surface area contributed by atoms with Crippen LogP contribution in [-0.2, 0) is 13.1 Å². The molecule has 8 heteroatoms. The summed E-state index contributed by atoms with van der Waals surface area (Å²) in [5.41, 5.74) is -0.791. The Morgan fingerprint density at radius 2 is 2.17 bits per heavy atom. The second-order valence-electron chi connectivity index (χ2n) is 7.17. The quantitative estimate of drug-likeness (QED) is 0.883. The lowest BCUT2D eigenvalue weighted by atomic mass is 9.93. The number of piperidine rings is 1. The van der Waals surface area contributed by atoms with Gasteiger partial charge in [0, 0.05) is 18.7 Å². The molecule has 0 spiro atoms. The maximum absolute atomic E-state index is 10.9. The first-order valence-corrected chi connectivity index (χ1v) is 8.82. The van der Waals surface area contributed by atoms with Crippen molar-refractivity contribution in [2.24, 2.45) is 0 Å². The Morgan fingerprint density at radius 1 is 1.29 bits per heavy atom. The number of nitrogens with zero attached hydrogens (tertiary/aromatic N) is 6. The summed E-state index contributed by atoms with van der Waals surface area (Å²) in [4.78, 5) is 6.77. The minimum Gasteiger partial charge on any atom is -0.387 e. The zero-order valence-corrected chi connectivity index (χ0v) is 13.8. The number of likely N-dealkylation sites (tertiary alicyclic amines) is 1. The van der Waals surface area contributed by atoms with Crippen LogP contribution in [0.15, 0.2) is 16.9 Å². The zero-order chi connectivity index (χ0) is 16.4. The first kappa shape index (κ1) is 15.7. The van der Waals surface area contributed by atoms with E-state index in [0.717, 1.165) is 25.2 Å². The Labute approximate surface area is 140 Å². The van der Waals surface area contributed by atoms with E-state index in [1.54, 1.807) is 17.1 Å². The molecule has 2 aromatic rings. The van der Waals surface area contributed by atoms with Gasteiger partial charge >= 0.3 is 0 Å². The Hall–Kier alpha value is -1.80. The highest BCUT2D eigenvalue weighted by atomic mass is 16.5. The van der Waals surface area contributed by atoms with Crippen molar-refractivity contribution >= 4 is 0 Å². The second kappa shape index (κ2) is 6.60. The van der Waals surface area contributed by atoms with Gasteiger partial charge in [-0.3, -0.25) is 4.90 Å². The van der Waals surface area contributed by atoms with E-state index in [1.165, 1.54) is 25.7 Å². The summed E-state index contributed by atoms with van der Waals surface area (Å²) in [7, 11) is 0. The van der Waals surface area contributed by atoms with Gasteiger partial charge in [-0.15, -0.1) is 5.10 Å². The molecule has 8 nitrogen and oxygen atoms in total. The van der Waals surface area contributed by atoms with Gasteiger partial charge in [-0.05, 0) is 32.2 Å². The average Bonchev–Trinajstić information content (AvgIpc) is 3.28. The van der Waals surface area contributed by atoms with Gasteiger partial charge in [0.15, 0.2) is 5.82 Å². The first-order chi connectivity index (χ1) is 11.7. The van der Waals surface area contributed by atoms with Gasteiger partial charge in [-0.25, -0.2) is 4.68 Å². The SMILES string of the molecule is O[C@@]1(Cn2ccnn2)CCCN(Cc2nc(C3CCCC3)no2)C1. The fraction of sp³-hybridized carbons (Fsp3) is 0.750. The van der Waals surface area contributed by atoms with Gasteiger partial charge in [-0.2, -0.15) is 4.98 Å². The molecule has 0 bridgehead atoms. The van der Waals surface area contributed by atoms with Crippen molar-refractivity contribution < 1.29 is 9.63 Å². The Balaban J connectivity index is 1.37. The fourth-order valence-corrected chi connectivity index (χ4v) is 3.96. The molecular weight excluding hydrogens is 308 g/mol. The highest BCUT2D eigenvalue weighted by Crippen LogP contribution is 2.32. The highest BCUT2D eigenvalue weighted by Gasteiger charge is 2.34. The first-order valence-electron chi connectivity index (χ1n) is 8.82. The third-order valence-corrected chi connectivity index (χ3v) is 5.13. The van der Waals surface area contributed by atoms with Crippen molar-refractivity contribution in [3.05, 3.63) is 24.1 Å². The maximum Gasteiger partial charge on any atom is 0.240 e. The molecule has 2 aliphatic rings. The minimum atomic E-state index is -0.791. The van der Waals surface area contributed by atoms with Crippen LogP contribution < -0.4 is 0 Å². The summed E-state index contributed by atoms with van der Waals surface area (Å²) in [5.74, 6) is 1.98. The van der Waals surface area contributed by atoms with Crippen LogP contribution in [0.25, 0.3) is 0 Å². The standard InChI is InChI=1S/C16H24N6O2/c23-16(12-22-9-7-17-20-22)6-3-8-21(11-16)10-14-18-15(19-24-14)13-4-1-2-5-13/h7,9,13,23H,1-6,8,10-12H2/t16-/m0/s1. The summed E-state index contributed by atoms with van der Waals surface area (Å²) in [6.45, 7) is 2.56. The van der Waals surface area contributed by atoms with E-state index in [2.05, 4.69) is 25.4 Å². The Bertz CT molecular complexity index is 651. The van der Waals surface area contributed by atoms with E-state index in [-0.39, 0.29) is 0 Å². The summed E-state index contributed by atoms with van der Waals surface area (Å²) in [6.07, 6.45) is 9.97. The van der Waals surface area contributed by atoms with Crippen LogP contribution in [0.5, 0.6) is 0 Å². The number of hydrogen-bond acceptors (Lipinski definition) is 7. The molecule has 3 heterocycles. The van der Waals surface area contributed by atoms with E-state index in [4.69, 9.17) is 4.52 Å². The molecule has 0 amide bonds. The molecule has 2 fully saturated rings. The monoisotopic (exact) mass is 332 g/mol. The number of hydrogen-bond donors (Lipinski definition) is 1. The lowest BCUT2D eigenvalue weighted by Crippen LogP contribution is -2.50. The molecule has 0 radical (unpaired) electrons. The molecule has 0 aromatic carbocycles. The van der Waals surface area contributed by atoms with Crippen molar-refractivity contribution in [1.29, 1.82) is 0 Å². The molecule has 0 unspecified atom stereocenters. The van der Waals surface area contributed by atoms with E-state index < -0.39 is 5.60 Å². The summed E-state index contributed by atoms with van der Waals surface area (Å²) < 4.78 is 7.13. The minimum absolute atomic E-state index is 0.459. The molecule has 1 saturated heterocycles. The third kappa shape index (κ3) is 3.49. The highest BCUT2D eigenvalue weighted by molar-refractivity contribution is 4.98. The molecule has 1 atom stereocenters. The van der Waals surface area contributed by atoms with Gasteiger partial charge in [0.2, 0.25) is 5.89 Å². The van der Waals surface area contributed by atoms with Crippen molar-refractivity contribution in [3.63, 3.8) is 0 Å². The molecule has 24 heavy (non-hydrogen) atoms. The van der Waals surface area contributed by atoms with Gasteiger partial charge in [0.05, 0.1) is 24.9 Å². The van der Waals surface area contributed by atoms with Crippen LogP contribution in [0.4, 0.5) is 0 Å². The fourth-order valence-electron chi connectivity index (χ4n) is 3.96. The van der Waals surface area contributed by atoms with E-state index >= 15 is 0 Å². The third-order valence-electron chi connectivity index (χ3n) is 5.13. The number of rotatable bonds is 5. The van der Waals surface area contributed by atoms with Crippen LogP contribution in [-0.4, -0.2) is 53.8 Å². The van der Waals surface area contributed by atoms with Crippen molar-refractivity contribution in [3.8, 4) is 0 Å². The lowest BCUT2D eigenvalue weighted by molar-refractivity contribution is -0.0498.